The van der Waals surface area contributed by atoms with E-state index in [1.165, 1.54) is 36.6 Å². The van der Waals surface area contributed by atoms with Crippen molar-refractivity contribution in [3.8, 4) is 0 Å². The zero-order chi connectivity index (χ0) is 21.8. The van der Waals surface area contributed by atoms with E-state index >= 15 is 0 Å². The molecule has 0 spiro atoms. The number of esters is 1. The van der Waals surface area contributed by atoms with E-state index in [2.05, 4.69) is 10.6 Å². The molecule has 154 valence electrons. The first kappa shape index (κ1) is 21.8. The molecule has 0 unspecified atom stereocenters. The van der Waals surface area contributed by atoms with E-state index in [-0.39, 0.29) is 16.8 Å². The number of methoxy groups -OCH3 is 1. The van der Waals surface area contributed by atoms with Crippen LogP contribution in [0.3, 0.4) is 0 Å². The van der Waals surface area contributed by atoms with Crippen LogP contribution in [-0.4, -0.2) is 24.9 Å². The monoisotopic (exact) mass is 462 g/mol. The van der Waals surface area contributed by atoms with Crippen LogP contribution in [0.1, 0.15) is 36.0 Å². The summed E-state index contributed by atoms with van der Waals surface area (Å²) in [7, 11) is 1.23. The van der Waals surface area contributed by atoms with Crippen molar-refractivity contribution in [2.45, 2.75) is 6.92 Å². The van der Waals surface area contributed by atoms with E-state index in [9.17, 15) is 14.4 Å². The van der Waals surface area contributed by atoms with Crippen molar-refractivity contribution in [3.05, 3.63) is 79.5 Å². The molecule has 2 aromatic carbocycles. The number of halogens is 2. The van der Waals surface area contributed by atoms with Gasteiger partial charge in [-0.25, -0.2) is 4.79 Å². The highest BCUT2D eigenvalue weighted by Crippen LogP contribution is 2.29. The van der Waals surface area contributed by atoms with Crippen molar-refractivity contribution in [3.63, 3.8) is 0 Å². The van der Waals surface area contributed by atoms with Gasteiger partial charge in [-0.15, -0.1) is 11.3 Å². The number of thiophene rings is 1. The molecule has 0 saturated carbocycles. The molecule has 6 nitrogen and oxygen atoms in total. The van der Waals surface area contributed by atoms with Gasteiger partial charge in [-0.2, -0.15) is 0 Å². The highest BCUT2D eigenvalue weighted by molar-refractivity contribution is 7.13. The fraction of sp³-hybridized carbons (Fsp3) is 0.0952. The number of amides is 2. The fourth-order valence-corrected chi connectivity index (χ4v) is 3.88. The third-order valence-electron chi connectivity index (χ3n) is 4.14. The Labute approximate surface area is 186 Å². The van der Waals surface area contributed by atoms with Gasteiger partial charge in [0.1, 0.15) is 4.88 Å². The van der Waals surface area contributed by atoms with E-state index in [1.54, 1.807) is 36.6 Å². The third-order valence-corrected chi connectivity index (χ3v) is 6.09. The molecule has 0 bridgehead atoms. The number of benzene rings is 2. The molecular weight excluding hydrogens is 447 g/mol. The average Bonchev–Trinajstić information content (AvgIpc) is 3.07. The van der Waals surface area contributed by atoms with E-state index in [0.29, 0.717) is 20.6 Å². The van der Waals surface area contributed by atoms with Gasteiger partial charge in [-0.3, -0.25) is 9.59 Å². The van der Waals surface area contributed by atoms with E-state index in [4.69, 9.17) is 27.9 Å². The molecule has 9 heteroatoms. The van der Waals surface area contributed by atoms with Crippen LogP contribution in [0.2, 0.25) is 10.0 Å². The number of hydrogen-bond donors (Lipinski definition) is 2. The molecule has 3 aromatic rings. The largest absolute Gasteiger partial charge is 0.465 e. The van der Waals surface area contributed by atoms with Crippen LogP contribution in [0.15, 0.2) is 47.8 Å². The molecular formula is C21H16Cl2N2O4S. The minimum atomic E-state index is -0.650. The predicted octanol–water partition coefficient (Wildman–Crippen LogP) is 5.65. The first-order chi connectivity index (χ1) is 14.3. The molecule has 0 radical (unpaired) electrons. The standard InChI is InChI=1S/C21H16Cl2N2O4S/c1-11-10-30-18(17(11)23)20(27)25-16-9-12(3-8-15(16)21(28)29-2)19(26)24-14-6-4-13(22)5-7-14/h3-10H,1-2H3,(H,24,26)(H,25,27). The Morgan fingerprint density at radius 2 is 1.67 bits per heavy atom. The summed E-state index contributed by atoms with van der Waals surface area (Å²) in [6, 6.07) is 10.9. The molecule has 0 fully saturated rings. The number of anilines is 2. The van der Waals surface area contributed by atoms with Crippen LogP contribution in [0.5, 0.6) is 0 Å². The molecule has 3 rings (SSSR count). The Bertz CT molecular complexity index is 1130. The Morgan fingerprint density at radius 3 is 2.27 bits per heavy atom. The van der Waals surface area contributed by atoms with Crippen molar-refractivity contribution in [1.82, 2.24) is 0 Å². The maximum atomic E-state index is 12.7. The molecule has 0 aliphatic heterocycles. The molecule has 2 N–H and O–H groups in total. The normalized spacial score (nSPS) is 10.4. The molecule has 1 aromatic heterocycles. The highest BCUT2D eigenvalue weighted by atomic mass is 35.5. The van der Waals surface area contributed by atoms with Gasteiger partial charge in [0.15, 0.2) is 0 Å². The number of ether oxygens (including phenoxy) is 1. The topological polar surface area (TPSA) is 84.5 Å². The van der Waals surface area contributed by atoms with Crippen molar-refractivity contribution in [2.24, 2.45) is 0 Å². The van der Waals surface area contributed by atoms with Gasteiger partial charge < -0.3 is 15.4 Å². The van der Waals surface area contributed by atoms with Crippen molar-refractivity contribution in [2.75, 3.05) is 17.7 Å². The summed E-state index contributed by atoms with van der Waals surface area (Å²) in [4.78, 5) is 37.7. The molecule has 0 atom stereocenters. The number of rotatable bonds is 5. The van der Waals surface area contributed by atoms with Crippen LogP contribution in [0, 0.1) is 6.92 Å². The number of carbonyl (C=O) groups excluding carboxylic acids is 3. The predicted molar refractivity (Wildman–Crippen MR) is 119 cm³/mol. The number of carbonyl (C=O) groups is 3. The van der Waals surface area contributed by atoms with E-state index in [1.807, 2.05) is 0 Å². The van der Waals surface area contributed by atoms with Crippen LogP contribution in [-0.2, 0) is 4.74 Å². The summed E-state index contributed by atoms with van der Waals surface area (Å²) in [6.07, 6.45) is 0. The van der Waals surface area contributed by atoms with E-state index < -0.39 is 17.8 Å². The van der Waals surface area contributed by atoms with Gasteiger partial charge in [0, 0.05) is 16.3 Å². The van der Waals surface area contributed by atoms with Gasteiger partial charge in [-0.05, 0) is 60.3 Å². The first-order valence-corrected chi connectivity index (χ1v) is 10.3. The van der Waals surface area contributed by atoms with Crippen molar-refractivity contribution in [1.29, 1.82) is 0 Å². The second-order valence-corrected chi connectivity index (χ2v) is 7.92. The van der Waals surface area contributed by atoms with Crippen LogP contribution < -0.4 is 10.6 Å². The Hall–Kier alpha value is -2.87. The number of hydrogen-bond acceptors (Lipinski definition) is 5. The minimum absolute atomic E-state index is 0.110. The molecule has 0 aliphatic rings. The van der Waals surface area contributed by atoms with Crippen LogP contribution >= 0.6 is 34.5 Å². The zero-order valence-electron chi connectivity index (χ0n) is 15.9. The number of nitrogens with one attached hydrogen (secondary N) is 2. The summed E-state index contributed by atoms with van der Waals surface area (Å²) in [5.41, 5.74) is 1.81. The third kappa shape index (κ3) is 4.81. The summed E-state index contributed by atoms with van der Waals surface area (Å²) in [5.74, 6) is -1.56. The van der Waals surface area contributed by atoms with Gasteiger partial charge in [0.25, 0.3) is 11.8 Å². The Balaban J connectivity index is 1.90. The average molecular weight is 463 g/mol. The summed E-state index contributed by atoms with van der Waals surface area (Å²) >= 11 is 13.2. The zero-order valence-corrected chi connectivity index (χ0v) is 18.2. The van der Waals surface area contributed by atoms with Gasteiger partial charge in [0.05, 0.1) is 23.4 Å². The number of aryl methyl sites for hydroxylation is 1. The second-order valence-electron chi connectivity index (χ2n) is 6.23. The Morgan fingerprint density at radius 1 is 0.967 bits per heavy atom. The van der Waals surface area contributed by atoms with Crippen molar-refractivity contribution >= 4 is 63.7 Å². The minimum Gasteiger partial charge on any atom is -0.465 e. The maximum Gasteiger partial charge on any atom is 0.339 e. The van der Waals surface area contributed by atoms with Crippen molar-refractivity contribution < 1.29 is 19.1 Å². The lowest BCUT2D eigenvalue weighted by molar-refractivity contribution is 0.0601. The lowest BCUT2D eigenvalue weighted by Gasteiger charge is -2.12. The first-order valence-electron chi connectivity index (χ1n) is 8.64. The van der Waals surface area contributed by atoms with Crippen LogP contribution in [0.4, 0.5) is 11.4 Å². The highest BCUT2D eigenvalue weighted by Gasteiger charge is 2.20. The molecule has 0 saturated heterocycles. The molecule has 0 aliphatic carbocycles. The second kappa shape index (κ2) is 9.30. The van der Waals surface area contributed by atoms with Gasteiger partial charge >= 0.3 is 5.97 Å². The van der Waals surface area contributed by atoms with E-state index in [0.717, 1.165) is 5.56 Å². The summed E-state index contributed by atoms with van der Waals surface area (Å²) < 4.78 is 4.77. The lowest BCUT2D eigenvalue weighted by Crippen LogP contribution is -2.17. The fourth-order valence-electron chi connectivity index (χ4n) is 2.58. The Kier molecular flexibility index (Phi) is 6.77. The summed E-state index contributed by atoms with van der Waals surface area (Å²) in [6.45, 7) is 1.79. The molecule has 30 heavy (non-hydrogen) atoms. The molecule has 1 heterocycles. The smallest absolute Gasteiger partial charge is 0.339 e. The SMILES string of the molecule is COC(=O)c1ccc(C(=O)Nc2ccc(Cl)cc2)cc1NC(=O)c1scc(C)c1Cl. The van der Waals surface area contributed by atoms with Gasteiger partial charge in [0.2, 0.25) is 0 Å². The van der Waals surface area contributed by atoms with Crippen LogP contribution in [0.25, 0.3) is 0 Å². The lowest BCUT2D eigenvalue weighted by atomic mass is 10.1. The summed E-state index contributed by atoms with van der Waals surface area (Å²) in [5, 5.41) is 8.02. The quantitative estimate of drug-likeness (QED) is 0.479. The maximum absolute atomic E-state index is 12.7. The molecule has 2 amide bonds. The van der Waals surface area contributed by atoms with Gasteiger partial charge in [-0.1, -0.05) is 23.2 Å².